The van der Waals surface area contributed by atoms with Crippen LogP contribution in [0.3, 0.4) is 0 Å². The van der Waals surface area contributed by atoms with Crippen molar-refractivity contribution in [1.82, 2.24) is 0 Å². The third-order valence-electron chi connectivity index (χ3n) is 7.53. The van der Waals surface area contributed by atoms with E-state index in [0.717, 1.165) is 35.3 Å². The smallest absolute Gasteiger partial charge is 0.119 e. The molecule has 3 aliphatic carbocycles. The molecular weight excluding hydrogens is 280 g/mol. The number of rotatable bonds is 1. The Morgan fingerprint density at radius 1 is 1.17 bits per heavy atom. The quantitative estimate of drug-likeness (QED) is 0.613. The van der Waals surface area contributed by atoms with E-state index in [1.54, 1.807) is 12.7 Å². The van der Waals surface area contributed by atoms with Gasteiger partial charge in [0, 0.05) is 0 Å². The second-order valence-corrected chi connectivity index (χ2v) is 8.70. The molecule has 0 spiro atoms. The highest BCUT2D eigenvalue weighted by atomic mass is 16.5. The van der Waals surface area contributed by atoms with Crippen LogP contribution in [0.5, 0.6) is 5.75 Å². The molecule has 1 aromatic carbocycles. The molecule has 1 heteroatoms. The number of benzene rings is 1. The minimum absolute atomic E-state index is 0.388. The van der Waals surface area contributed by atoms with Gasteiger partial charge in [0.25, 0.3) is 0 Å². The topological polar surface area (TPSA) is 9.23 Å². The summed E-state index contributed by atoms with van der Waals surface area (Å²) < 4.78 is 5.46. The molecule has 0 radical (unpaired) electrons. The Bertz CT molecular complexity index is 645. The average Bonchev–Trinajstić information content (AvgIpc) is 2.76. The Balaban J connectivity index is 1.77. The molecule has 3 aliphatic rings. The summed E-state index contributed by atoms with van der Waals surface area (Å²) in [7, 11) is 1.77. The van der Waals surface area contributed by atoms with Gasteiger partial charge in [0.05, 0.1) is 7.11 Å². The van der Waals surface area contributed by atoms with Crippen LogP contribution in [0.1, 0.15) is 57.1 Å². The largest absolute Gasteiger partial charge is 0.497 e. The molecule has 0 saturated heterocycles. The summed E-state index contributed by atoms with van der Waals surface area (Å²) in [6, 6.07) is 6.80. The Morgan fingerprint density at radius 3 is 2.70 bits per heavy atom. The number of hydrogen-bond donors (Lipinski definition) is 0. The van der Waals surface area contributed by atoms with E-state index in [2.05, 4.69) is 45.5 Å². The van der Waals surface area contributed by atoms with Crippen molar-refractivity contribution in [3.63, 3.8) is 0 Å². The standard InChI is InChI=1S/C22H30O/c1-13-11-16-12-17(23-5)6-7-18(16)19-8-9-22(4)15(3)10-14(2)21(22)20(13)19/h6-7,12-14,19-21H,3,8-11H2,1-2,4-5H3/t13-,14-,19-,20-,21-,22-/m1/s1. The number of fused-ring (bicyclic) bond motifs is 5. The first-order chi connectivity index (χ1) is 11.0. The van der Waals surface area contributed by atoms with E-state index < -0.39 is 0 Å². The van der Waals surface area contributed by atoms with E-state index in [1.807, 2.05) is 0 Å². The van der Waals surface area contributed by atoms with Crippen LogP contribution in [0.25, 0.3) is 0 Å². The van der Waals surface area contributed by atoms with E-state index in [0.29, 0.717) is 5.41 Å². The van der Waals surface area contributed by atoms with Gasteiger partial charge in [-0.25, -0.2) is 0 Å². The van der Waals surface area contributed by atoms with Crippen LogP contribution in [0, 0.1) is 29.1 Å². The lowest BCUT2D eigenvalue weighted by Gasteiger charge is -2.53. The summed E-state index contributed by atoms with van der Waals surface area (Å²) in [6.45, 7) is 11.9. The molecule has 0 amide bonds. The van der Waals surface area contributed by atoms with Crippen LogP contribution >= 0.6 is 0 Å². The van der Waals surface area contributed by atoms with Crippen molar-refractivity contribution in [2.75, 3.05) is 7.11 Å². The summed E-state index contributed by atoms with van der Waals surface area (Å²) in [5.41, 5.74) is 5.06. The van der Waals surface area contributed by atoms with Gasteiger partial charge in [0.2, 0.25) is 0 Å². The van der Waals surface area contributed by atoms with E-state index in [-0.39, 0.29) is 0 Å². The molecule has 0 aliphatic heterocycles. The summed E-state index contributed by atoms with van der Waals surface area (Å²) >= 11 is 0. The second kappa shape index (κ2) is 5.13. The zero-order valence-corrected chi connectivity index (χ0v) is 15.1. The molecular formula is C22H30O. The zero-order valence-electron chi connectivity index (χ0n) is 15.1. The maximum Gasteiger partial charge on any atom is 0.119 e. The van der Waals surface area contributed by atoms with Crippen LogP contribution < -0.4 is 4.74 Å². The lowest BCUT2D eigenvalue weighted by atomic mass is 9.51. The molecule has 6 atom stereocenters. The Kier molecular flexibility index (Phi) is 3.41. The Labute approximate surface area is 141 Å². The number of methoxy groups -OCH3 is 1. The molecule has 23 heavy (non-hydrogen) atoms. The molecule has 0 N–H and O–H groups in total. The minimum Gasteiger partial charge on any atom is -0.497 e. The highest BCUT2D eigenvalue weighted by molar-refractivity contribution is 5.42. The van der Waals surface area contributed by atoms with Gasteiger partial charge in [-0.15, -0.1) is 0 Å². The average molecular weight is 310 g/mol. The molecule has 2 saturated carbocycles. The highest BCUT2D eigenvalue weighted by Gasteiger charge is 2.56. The van der Waals surface area contributed by atoms with E-state index in [1.165, 1.54) is 36.8 Å². The minimum atomic E-state index is 0.388. The first-order valence-electron chi connectivity index (χ1n) is 9.30. The third kappa shape index (κ3) is 2.05. The maximum absolute atomic E-state index is 5.46. The zero-order chi connectivity index (χ0) is 16.4. The third-order valence-corrected chi connectivity index (χ3v) is 7.53. The van der Waals surface area contributed by atoms with Crippen LogP contribution in [0.15, 0.2) is 30.4 Å². The van der Waals surface area contributed by atoms with E-state index in [4.69, 9.17) is 4.74 Å². The van der Waals surface area contributed by atoms with Crippen LogP contribution in [-0.2, 0) is 6.42 Å². The van der Waals surface area contributed by atoms with Gasteiger partial charge >= 0.3 is 0 Å². The van der Waals surface area contributed by atoms with Crippen molar-refractivity contribution >= 4 is 0 Å². The van der Waals surface area contributed by atoms with Crippen LogP contribution in [-0.4, -0.2) is 7.11 Å². The number of allylic oxidation sites excluding steroid dienone is 1. The van der Waals surface area contributed by atoms with E-state index in [9.17, 15) is 0 Å². The van der Waals surface area contributed by atoms with Gasteiger partial charge in [-0.05, 0) is 83.9 Å². The van der Waals surface area contributed by atoms with Crippen LogP contribution in [0.2, 0.25) is 0 Å². The van der Waals surface area contributed by atoms with Crippen molar-refractivity contribution in [2.45, 2.75) is 52.4 Å². The fourth-order valence-corrected chi connectivity index (χ4v) is 6.50. The SMILES string of the molecule is C=C1C[C@@H](C)[C@@H]2[C@@H]3[C@H](C)Cc4cc(OC)ccc4[C@H]3CC[C@]12C. The van der Waals surface area contributed by atoms with Crippen molar-refractivity contribution in [2.24, 2.45) is 29.1 Å². The van der Waals surface area contributed by atoms with Gasteiger partial charge in [-0.1, -0.05) is 39.0 Å². The van der Waals surface area contributed by atoms with Gasteiger partial charge in [-0.2, -0.15) is 0 Å². The van der Waals surface area contributed by atoms with Crippen molar-refractivity contribution < 1.29 is 4.74 Å². The summed E-state index contributed by atoms with van der Waals surface area (Å²) in [5.74, 6) is 4.95. The first kappa shape index (κ1) is 15.3. The highest BCUT2D eigenvalue weighted by Crippen LogP contribution is 2.65. The second-order valence-electron chi connectivity index (χ2n) is 8.70. The Hall–Kier alpha value is -1.24. The lowest BCUT2D eigenvalue weighted by molar-refractivity contribution is 0.0260. The molecule has 4 rings (SSSR count). The molecule has 0 unspecified atom stereocenters. The molecule has 2 fully saturated rings. The first-order valence-corrected chi connectivity index (χ1v) is 9.30. The van der Waals surface area contributed by atoms with Gasteiger partial charge in [0.1, 0.15) is 5.75 Å². The van der Waals surface area contributed by atoms with Crippen LogP contribution in [0.4, 0.5) is 0 Å². The fraction of sp³-hybridized carbons (Fsp3) is 0.636. The Morgan fingerprint density at radius 2 is 1.96 bits per heavy atom. The molecule has 124 valence electrons. The fourth-order valence-electron chi connectivity index (χ4n) is 6.50. The summed E-state index contributed by atoms with van der Waals surface area (Å²) in [5, 5.41) is 0. The van der Waals surface area contributed by atoms with E-state index >= 15 is 0 Å². The molecule has 1 aromatic rings. The lowest BCUT2D eigenvalue weighted by Crippen LogP contribution is -2.45. The number of ether oxygens (including phenoxy) is 1. The molecule has 0 heterocycles. The monoisotopic (exact) mass is 310 g/mol. The molecule has 0 aromatic heterocycles. The maximum atomic E-state index is 5.46. The van der Waals surface area contributed by atoms with Gasteiger partial charge < -0.3 is 4.74 Å². The van der Waals surface area contributed by atoms with Crippen molar-refractivity contribution in [1.29, 1.82) is 0 Å². The van der Waals surface area contributed by atoms with Crippen molar-refractivity contribution in [3.8, 4) is 5.75 Å². The van der Waals surface area contributed by atoms with Gasteiger partial charge in [-0.3, -0.25) is 0 Å². The number of hydrogen-bond acceptors (Lipinski definition) is 1. The predicted octanol–water partition coefficient (Wildman–Crippen LogP) is 5.60. The normalized spacial score (nSPS) is 41.9. The molecule has 1 nitrogen and oxygen atoms in total. The summed E-state index contributed by atoms with van der Waals surface area (Å²) in [6.07, 6.45) is 5.10. The summed E-state index contributed by atoms with van der Waals surface area (Å²) in [4.78, 5) is 0. The predicted molar refractivity (Wildman–Crippen MR) is 95.8 cm³/mol. The van der Waals surface area contributed by atoms with Gasteiger partial charge in [0.15, 0.2) is 0 Å². The van der Waals surface area contributed by atoms with Crippen molar-refractivity contribution in [3.05, 3.63) is 41.5 Å². The molecule has 0 bridgehead atoms.